The smallest absolute Gasteiger partial charge is 0.306 e. The Morgan fingerprint density at radius 2 is 0.816 bits per heavy atom. The zero-order chi connectivity index (χ0) is 35.6. The van der Waals surface area contributed by atoms with Crippen LogP contribution in [0.2, 0.25) is 0 Å². The molecule has 0 aliphatic carbocycles. The Morgan fingerprint density at radius 1 is 0.469 bits per heavy atom. The van der Waals surface area contributed by atoms with E-state index in [0.717, 1.165) is 19.3 Å². The number of aliphatic hydroxyl groups is 1. The Labute approximate surface area is 307 Å². The molecule has 4 heteroatoms. The third kappa shape index (κ3) is 41.2. The number of unbranched alkanes of at least 4 members (excludes halogenated alkanes) is 29. The van der Waals surface area contributed by atoms with Crippen LogP contribution in [0.25, 0.3) is 0 Å². The van der Waals surface area contributed by atoms with E-state index >= 15 is 0 Å². The molecule has 0 aliphatic heterocycles. The molecule has 0 saturated carbocycles. The number of rotatable bonds is 41. The first-order valence-corrected chi connectivity index (χ1v) is 21.9. The minimum atomic E-state index is -0.533. The molecule has 0 heterocycles. The van der Waals surface area contributed by atoms with Crippen LogP contribution in [-0.2, 0) is 14.3 Å². The van der Waals surface area contributed by atoms with Crippen LogP contribution in [0.15, 0.2) is 24.3 Å². The van der Waals surface area contributed by atoms with Gasteiger partial charge in [-0.2, -0.15) is 0 Å². The fraction of sp³-hybridized carbons (Fsp3) is 0.889. The molecule has 0 fully saturated rings. The molecule has 1 unspecified atom stereocenters. The third-order valence-electron chi connectivity index (χ3n) is 9.75. The van der Waals surface area contributed by atoms with Crippen LogP contribution in [-0.4, -0.2) is 37.0 Å². The van der Waals surface area contributed by atoms with Crippen LogP contribution >= 0.6 is 0 Å². The molecule has 290 valence electrons. The van der Waals surface area contributed by atoms with E-state index in [9.17, 15) is 9.90 Å². The molecule has 0 aromatic rings. The third-order valence-corrected chi connectivity index (χ3v) is 9.75. The number of esters is 1. The van der Waals surface area contributed by atoms with Crippen molar-refractivity contribution >= 4 is 5.97 Å². The normalized spacial score (nSPS) is 12.5. The summed E-state index contributed by atoms with van der Waals surface area (Å²) in [5, 5.41) is 9.58. The molecule has 0 aromatic heterocycles. The van der Waals surface area contributed by atoms with Gasteiger partial charge in [0.05, 0.1) is 13.2 Å². The van der Waals surface area contributed by atoms with E-state index in [0.29, 0.717) is 19.6 Å². The molecule has 1 N–H and O–H groups in total. The molecule has 0 aromatic carbocycles. The lowest BCUT2D eigenvalue weighted by atomic mass is 10.0. The Bertz CT molecular complexity index is 688. The average Bonchev–Trinajstić information content (AvgIpc) is 3.11. The maximum absolute atomic E-state index is 12.2. The first-order chi connectivity index (χ1) is 24.2. The highest BCUT2D eigenvalue weighted by Crippen LogP contribution is 2.15. The van der Waals surface area contributed by atoms with Crippen molar-refractivity contribution in [2.45, 2.75) is 238 Å². The molecule has 0 bridgehead atoms. The Morgan fingerprint density at radius 3 is 1.22 bits per heavy atom. The molecule has 0 saturated heterocycles. The van der Waals surface area contributed by atoms with Crippen molar-refractivity contribution < 1.29 is 19.4 Å². The molecule has 1 atom stereocenters. The number of carbonyl (C=O) groups is 1. The first kappa shape index (κ1) is 47.9. The van der Waals surface area contributed by atoms with E-state index in [1.807, 2.05) is 0 Å². The fourth-order valence-corrected chi connectivity index (χ4v) is 6.42. The zero-order valence-electron chi connectivity index (χ0n) is 33.2. The van der Waals surface area contributed by atoms with Gasteiger partial charge in [0.2, 0.25) is 0 Å². The van der Waals surface area contributed by atoms with E-state index < -0.39 is 6.10 Å². The monoisotopic (exact) mass is 691 g/mol. The SMILES string of the molecule is CCCC/C=C\CCCCCCCCOCC(CO)OC(=O)CCCCCCCCCCCCCCC/C=C\CCCCCCCCCC. The molecule has 4 nitrogen and oxygen atoms in total. The second-order valence-corrected chi connectivity index (χ2v) is 14.8. The fourth-order valence-electron chi connectivity index (χ4n) is 6.42. The van der Waals surface area contributed by atoms with Crippen molar-refractivity contribution in [3.05, 3.63) is 24.3 Å². The van der Waals surface area contributed by atoms with Crippen molar-refractivity contribution in [2.75, 3.05) is 19.8 Å². The van der Waals surface area contributed by atoms with Gasteiger partial charge in [-0.25, -0.2) is 0 Å². The van der Waals surface area contributed by atoms with Crippen LogP contribution in [0, 0.1) is 0 Å². The van der Waals surface area contributed by atoms with Gasteiger partial charge in [0.25, 0.3) is 0 Å². The van der Waals surface area contributed by atoms with Gasteiger partial charge in [0, 0.05) is 13.0 Å². The largest absolute Gasteiger partial charge is 0.457 e. The summed E-state index contributed by atoms with van der Waals surface area (Å²) < 4.78 is 11.1. The van der Waals surface area contributed by atoms with Gasteiger partial charge in [0.15, 0.2) is 0 Å². The number of allylic oxidation sites excluding steroid dienone is 4. The van der Waals surface area contributed by atoms with Crippen LogP contribution in [0.5, 0.6) is 0 Å². The van der Waals surface area contributed by atoms with E-state index in [2.05, 4.69) is 38.2 Å². The summed E-state index contributed by atoms with van der Waals surface area (Å²) in [6, 6.07) is 0. The van der Waals surface area contributed by atoms with Gasteiger partial charge < -0.3 is 14.6 Å². The number of ether oxygens (including phenoxy) is 2. The van der Waals surface area contributed by atoms with Gasteiger partial charge >= 0.3 is 5.97 Å². The van der Waals surface area contributed by atoms with Crippen LogP contribution in [0.3, 0.4) is 0 Å². The summed E-state index contributed by atoms with van der Waals surface area (Å²) in [7, 11) is 0. The van der Waals surface area contributed by atoms with E-state index in [1.54, 1.807) is 0 Å². The lowest BCUT2D eigenvalue weighted by Crippen LogP contribution is -2.27. The summed E-state index contributed by atoms with van der Waals surface area (Å²) in [6.07, 6.45) is 52.5. The summed E-state index contributed by atoms with van der Waals surface area (Å²) >= 11 is 0. The molecule has 0 radical (unpaired) electrons. The second kappa shape index (κ2) is 43.0. The molecule has 0 aliphatic rings. The van der Waals surface area contributed by atoms with Crippen LogP contribution in [0.1, 0.15) is 232 Å². The maximum Gasteiger partial charge on any atom is 0.306 e. The Kier molecular flexibility index (Phi) is 42.0. The number of hydrogen-bond acceptors (Lipinski definition) is 4. The topological polar surface area (TPSA) is 55.8 Å². The number of hydrogen-bond donors (Lipinski definition) is 1. The molecular weight excluding hydrogens is 604 g/mol. The van der Waals surface area contributed by atoms with E-state index in [-0.39, 0.29) is 12.6 Å². The molecular formula is C45H86O4. The number of aliphatic hydroxyl groups excluding tert-OH is 1. The quantitative estimate of drug-likeness (QED) is 0.0394. The first-order valence-electron chi connectivity index (χ1n) is 21.9. The van der Waals surface area contributed by atoms with Crippen molar-refractivity contribution in [1.82, 2.24) is 0 Å². The highest BCUT2D eigenvalue weighted by Gasteiger charge is 2.13. The predicted molar refractivity (Wildman–Crippen MR) is 214 cm³/mol. The zero-order valence-corrected chi connectivity index (χ0v) is 33.2. The summed E-state index contributed by atoms with van der Waals surface area (Å²) in [5.41, 5.74) is 0. The van der Waals surface area contributed by atoms with Gasteiger partial charge in [-0.3, -0.25) is 4.79 Å². The Hall–Kier alpha value is -1.13. The number of carbonyl (C=O) groups excluding carboxylic acids is 1. The molecule has 0 spiro atoms. The van der Waals surface area contributed by atoms with Gasteiger partial charge in [0.1, 0.15) is 6.10 Å². The highest BCUT2D eigenvalue weighted by molar-refractivity contribution is 5.69. The minimum Gasteiger partial charge on any atom is -0.457 e. The summed E-state index contributed by atoms with van der Waals surface area (Å²) in [6.45, 7) is 5.33. The van der Waals surface area contributed by atoms with Crippen LogP contribution < -0.4 is 0 Å². The summed E-state index contributed by atoms with van der Waals surface area (Å²) in [4.78, 5) is 12.2. The maximum atomic E-state index is 12.2. The molecule has 0 amide bonds. The molecule has 0 rings (SSSR count). The van der Waals surface area contributed by atoms with Crippen molar-refractivity contribution in [3.8, 4) is 0 Å². The predicted octanol–water partition coefficient (Wildman–Crippen LogP) is 14.3. The standard InChI is InChI=1S/C45H86O4/c1-3-5-7-9-11-13-15-17-18-19-20-21-22-23-24-25-26-27-28-29-30-32-34-36-38-40-45(47)49-44(42-46)43-48-41-39-37-35-33-31-16-14-12-10-8-6-4-2/h10,12,19-20,44,46H,3-9,11,13-18,21-43H2,1-2H3/b12-10-,20-19-. The average molecular weight is 691 g/mol. The van der Waals surface area contributed by atoms with Crippen molar-refractivity contribution in [2.24, 2.45) is 0 Å². The van der Waals surface area contributed by atoms with Crippen molar-refractivity contribution in [1.29, 1.82) is 0 Å². The van der Waals surface area contributed by atoms with Gasteiger partial charge in [-0.05, 0) is 57.8 Å². The highest BCUT2D eigenvalue weighted by atomic mass is 16.6. The van der Waals surface area contributed by atoms with E-state index in [1.165, 1.54) is 193 Å². The van der Waals surface area contributed by atoms with Crippen LogP contribution in [0.4, 0.5) is 0 Å². The van der Waals surface area contributed by atoms with Gasteiger partial charge in [-0.1, -0.05) is 192 Å². The van der Waals surface area contributed by atoms with Crippen molar-refractivity contribution in [3.63, 3.8) is 0 Å². The Balaban J connectivity index is 3.37. The lowest BCUT2D eigenvalue weighted by Gasteiger charge is -2.15. The minimum absolute atomic E-state index is 0.171. The summed E-state index contributed by atoms with van der Waals surface area (Å²) in [5.74, 6) is -0.201. The lowest BCUT2D eigenvalue weighted by molar-refractivity contribution is -0.154. The van der Waals surface area contributed by atoms with Gasteiger partial charge in [-0.15, -0.1) is 0 Å². The van der Waals surface area contributed by atoms with E-state index in [4.69, 9.17) is 9.47 Å². The molecule has 49 heavy (non-hydrogen) atoms. The second-order valence-electron chi connectivity index (χ2n) is 14.8.